The highest BCUT2D eigenvalue weighted by Crippen LogP contribution is 2.20. The van der Waals surface area contributed by atoms with Gasteiger partial charge in [0.2, 0.25) is 0 Å². The van der Waals surface area contributed by atoms with Gasteiger partial charge in [0.25, 0.3) is 0 Å². The van der Waals surface area contributed by atoms with Crippen LogP contribution in [0.15, 0.2) is 0 Å². The van der Waals surface area contributed by atoms with E-state index in [1.165, 1.54) is 0 Å². The van der Waals surface area contributed by atoms with Gasteiger partial charge in [-0.15, -0.1) is 0 Å². The zero-order valence-electron chi connectivity index (χ0n) is 7.97. The lowest BCUT2D eigenvalue weighted by molar-refractivity contribution is -0.0626. The van der Waals surface area contributed by atoms with Crippen LogP contribution >= 0.6 is 0 Å². The van der Waals surface area contributed by atoms with E-state index in [-0.39, 0.29) is 18.2 Å². The average Bonchev–Trinajstić information content (AvgIpc) is 2.03. The number of hydrogen-bond donors (Lipinski definition) is 2. The zero-order chi connectivity index (χ0) is 9.03. The molecule has 1 unspecified atom stereocenters. The molecule has 3 nitrogen and oxygen atoms in total. The lowest BCUT2D eigenvalue weighted by Gasteiger charge is -2.35. The summed E-state index contributed by atoms with van der Waals surface area (Å²) in [5, 5.41) is 11.9. The van der Waals surface area contributed by atoms with Crippen molar-refractivity contribution in [1.29, 1.82) is 0 Å². The van der Waals surface area contributed by atoms with E-state index < -0.39 is 0 Å². The molecule has 1 aliphatic heterocycles. The number of nitrogens with one attached hydrogen (secondary N) is 1. The van der Waals surface area contributed by atoms with Gasteiger partial charge >= 0.3 is 0 Å². The molecule has 0 amide bonds. The van der Waals surface area contributed by atoms with Crippen LogP contribution in [-0.2, 0) is 4.74 Å². The van der Waals surface area contributed by atoms with Crippen molar-refractivity contribution in [3.05, 3.63) is 0 Å². The Balaban J connectivity index is 2.18. The van der Waals surface area contributed by atoms with E-state index in [4.69, 9.17) is 9.84 Å². The standard InChI is InChI=1S/C9H19NO2/c1-9(2)6-10-8(12-7-9)4-3-5-11/h8,10-11H,3-7H2,1-2H3. The van der Waals surface area contributed by atoms with Crippen LogP contribution in [0.1, 0.15) is 26.7 Å². The maximum atomic E-state index is 8.62. The van der Waals surface area contributed by atoms with Crippen LogP contribution in [0, 0.1) is 5.41 Å². The predicted octanol–water partition coefficient (Wildman–Crippen LogP) is 0.731. The molecule has 1 atom stereocenters. The molecular weight excluding hydrogens is 154 g/mol. The number of aliphatic hydroxyl groups is 1. The minimum Gasteiger partial charge on any atom is -0.396 e. The Morgan fingerprint density at radius 2 is 2.33 bits per heavy atom. The molecule has 0 aromatic rings. The van der Waals surface area contributed by atoms with E-state index in [1.807, 2.05) is 0 Å². The topological polar surface area (TPSA) is 41.5 Å². The molecule has 12 heavy (non-hydrogen) atoms. The minimum absolute atomic E-state index is 0.158. The smallest absolute Gasteiger partial charge is 0.108 e. The Morgan fingerprint density at radius 1 is 1.58 bits per heavy atom. The highest BCUT2D eigenvalue weighted by Gasteiger charge is 2.26. The SMILES string of the molecule is CC1(C)CNC(CCCO)OC1. The first kappa shape index (κ1) is 9.96. The van der Waals surface area contributed by atoms with Gasteiger partial charge in [-0.05, 0) is 12.8 Å². The molecule has 0 aliphatic carbocycles. The van der Waals surface area contributed by atoms with Crippen molar-refractivity contribution in [2.24, 2.45) is 5.41 Å². The third-order valence-electron chi connectivity index (χ3n) is 2.11. The van der Waals surface area contributed by atoms with Crippen LogP contribution in [0.4, 0.5) is 0 Å². The molecule has 0 aromatic carbocycles. The minimum atomic E-state index is 0.158. The summed E-state index contributed by atoms with van der Waals surface area (Å²) >= 11 is 0. The van der Waals surface area contributed by atoms with Crippen molar-refractivity contribution in [2.75, 3.05) is 19.8 Å². The Kier molecular flexibility index (Phi) is 3.50. The monoisotopic (exact) mass is 173 g/mol. The van der Waals surface area contributed by atoms with Crippen molar-refractivity contribution in [3.63, 3.8) is 0 Å². The number of hydrogen-bond acceptors (Lipinski definition) is 3. The summed E-state index contributed by atoms with van der Waals surface area (Å²) in [5.41, 5.74) is 0.260. The number of aliphatic hydroxyl groups excluding tert-OH is 1. The second kappa shape index (κ2) is 4.21. The van der Waals surface area contributed by atoms with E-state index in [1.54, 1.807) is 0 Å². The number of rotatable bonds is 3. The first-order chi connectivity index (χ1) is 5.64. The Morgan fingerprint density at radius 3 is 2.83 bits per heavy atom. The van der Waals surface area contributed by atoms with E-state index in [0.717, 1.165) is 26.0 Å². The molecule has 1 rings (SSSR count). The molecule has 0 bridgehead atoms. The molecule has 0 aromatic heterocycles. The van der Waals surface area contributed by atoms with Gasteiger partial charge in [-0.25, -0.2) is 0 Å². The number of ether oxygens (including phenoxy) is 1. The van der Waals surface area contributed by atoms with Gasteiger partial charge in [0, 0.05) is 18.6 Å². The van der Waals surface area contributed by atoms with Gasteiger partial charge in [-0.1, -0.05) is 13.8 Å². The highest BCUT2D eigenvalue weighted by molar-refractivity contribution is 4.77. The molecule has 0 radical (unpaired) electrons. The van der Waals surface area contributed by atoms with Gasteiger partial charge in [0.05, 0.1) is 6.61 Å². The Labute approximate surface area is 74.1 Å². The van der Waals surface area contributed by atoms with Crippen molar-refractivity contribution in [3.8, 4) is 0 Å². The molecule has 1 fully saturated rings. The molecule has 0 spiro atoms. The molecule has 1 saturated heterocycles. The van der Waals surface area contributed by atoms with Gasteiger partial charge in [-0.2, -0.15) is 0 Å². The van der Waals surface area contributed by atoms with Crippen LogP contribution < -0.4 is 5.32 Å². The van der Waals surface area contributed by atoms with Gasteiger partial charge in [-0.3, -0.25) is 5.32 Å². The van der Waals surface area contributed by atoms with Crippen LogP contribution in [0.2, 0.25) is 0 Å². The summed E-state index contributed by atoms with van der Waals surface area (Å²) in [6, 6.07) is 0. The quantitative estimate of drug-likeness (QED) is 0.661. The van der Waals surface area contributed by atoms with Crippen molar-refractivity contribution < 1.29 is 9.84 Å². The van der Waals surface area contributed by atoms with Crippen LogP contribution in [0.25, 0.3) is 0 Å². The second-order valence-corrected chi connectivity index (χ2v) is 4.21. The van der Waals surface area contributed by atoms with E-state index in [9.17, 15) is 0 Å². The van der Waals surface area contributed by atoms with Crippen molar-refractivity contribution in [1.82, 2.24) is 5.32 Å². The molecule has 72 valence electrons. The maximum Gasteiger partial charge on any atom is 0.108 e. The molecule has 0 saturated carbocycles. The summed E-state index contributed by atoms with van der Waals surface area (Å²) in [7, 11) is 0. The molecule has 3 heteroatoms. The van der Waals surface area contributed by atoms with Gasteiger partial charge in [0.15, 0.2) is 0 Å². The zero-order valence-corrected chi connectivity index (χ0v) is 7.97. The maximum absolute atomic E-state index is 8.62. The van der Waals surface area contributed by atoms with Crippen molar-refractivity contribution in [2.45, 2.75) is 32.9 Å². The van der Waals surface area contributed by atoms with Crippen molar-refractivity contribution >= 4 is 0 Å². The first-order valence-electron chi connectivity index (χ1n) is 4.60. The van der Waals surface area contributed by atoms with Gasteiger partial charge in [0.1, 0.15) is 6.23 Å². The third-order valence-corrected chi connectivity index (χ3v) is 2.11. The average molecular weight is 173 g/mol. The largest absolute Gasteiger partial charge is 0.396 e. The summed E-state index contributed by atoms with van der Waals surface area (Å²) in [6.45, 7) is 6.44. The second-order valence-electron chi connectivity index (χ2n) is 4.21. The molecule has 1 heterocycles. The summed E-state index contributed by atoms with van der Waals surface area (Å²) in [5.74, 6) is 0. The van der Waals surface area contributed by atoms with Crippen LogP contribution in [0.3, 0.4) is 0 Å². The Hall–Kier alpha value is -0.120. The fourth-order valence-corrected chi connectivity index (χ4v) is 1.29. The predicted molar refractivity (Wildman–Crippen MR) is 47.8 cm³/mol. The highest BCUT2D eigenvalue weighted by atomic mass is 16.5. The third kappa shape index (κ3) is 3.09. The Bertz CT molecular complexity index is 126. The first-order valence-corrected chi connectivity index (χ1v) is 4.60. The molecule has 1 aliphatic rings. The molecular formula is C9H19NO2. The van der Waals surface area contributed by atoms with Gasteiger partial charge < -0.3 is 9.84 Å². The summed E-state index contributed by atoms with van der Waals surface area (Å²) in [4.78, 5) is 0. The summed E-state index contributed by atoms with van der Waals surface area (Å²) in [6.07, 6.45) is 1.88. The van der Waals surface area contributed by atoms with E-state index in [2.05, 4.69) is 19.2 Å². The fourth-order valence-electron chi connectivity index (χ4n) is 1.29. The van der Waals surface area contributed by atoms with Crippen LogP contribution in [0.5, 0.6) is 0 Å². The van der Waals surface area contributed by atoms with Crippen LogP contribution in [-0.4, -0.2) is 31.1 Å². The normalized spacial score (nSPS) is 28.8. The fraction of sp³-hybridized carbons (Fsp3) is 1.00. The summed E-state index contributed by atoms with van der Waals surface area (Å²) < 4.78 is 5.57. The van der Waals surface area contributed by atoms with E-state index in [0.29, 0.717) is 0 Å². The lowest BCUT2D eigenvalue weighted by atomic mass is 9.93. The lowest BCUT2D eigenvalue weighted by Crippen LogP contribution is -2.47. The van der Waals surface area contributed by atoms with E-state index >= 15 is 0 Å². The molecule has 2 N–H and O–H groups in total.